The highest BCUT2D eigenvalue weighted by Crippen LogP contribution is 2.09. The van der Waals surface area contributed by atoms with Crippen LogP contribution in [0.5, 0.6) is 0 Å². The lowest BCUT2D eigenvalue weighted by molar-refractivity contribution is -0.119. The molecule has 0 aliphatic carbocycles. The van der Waals surface area contributed by atoms with Crippen molar-refractivity contribution in [3.63, 3.8) is 0 Å². The quantitative estimate of drug-likeness (QED) is 0.674. The van der Waals surface area contributed by atoms with Crippen LogP contribution >= 0.6 is 0 Å². The van der Waals surface area contributed by atoms with Crippen molar-refractivity contribution >= 4 is 5.91 Å². The third-order valence-electron chi connectivity index (χ3n) is 1.83. The first-order valence-electron chi connectivity index (χ1n) is 4.21. The number of aromatic nitrogens is 2. The van der Waals surface area contributed by atoms with E-state index in [0.717, 1.165) is 13.0 Å². The SMILES string of the molecule is CCCn1cncc1C(N)C(N)=O. The number of rotatable bonds is 4. The molecule has 0 aliphatic heterocycles. The summed E-state index contributed by atoms with van der Waals surface area (Å²) in [5.74, 6) is -0.530. The van der Waals surface area contributed by atoms with Gasteiger partial charge in [0.1, 0.15) is 6.04 Å². The van der Waals surface area contributed by atoms with Gasteiger partial charge < -0.3 is 16.0 Å². The van der Waals surface area contributed by atoms with Crippen molar-refractivity contribution in [1.82, 2.24) is 9.55 Å². The Kier molecular flexibility index (Phi) is 3.02. The van der Waals surface area contributed by atoms with Crippen molar-refractivity contribution in [2.24, 2.45) is 11.5 Å². The van der Waals surface area contributed by atoms with Crippen molar-refractivity contribution in [3.05, 3.63) is 18.2 Å². The fourth-order valence-electron chi connectivity index (χ4n) is 1.16. The monoisotopic (exact) mass is 182 g/mol. The standard InChI is InChI=1S/C8H14N4O/c1-2-3-12-5-11-4-6(12)7(9)8(10)13/h4-5,7H,2-3,9H2,1H3,(H2,10,13). The van der Waals surface area contributed by atoms with E-state index in [1.54, 1.807) is 12.5 Å². The molecule has 5 nitrogen and oxygen atoms in total. The summed E-state index contributed by atoms with van der Waals surface area (Å²) in [5.41, 5.74) is 11.3. The Labute approximate surface area is 76.7 Å². The Morgan fingerprint density at radius 3 is 3.00 bits per heavy atom. The number of amides is 1. The van der Waals surface area contributed by atoms with Gasteiger partial charge in [0, 0.05) is 6.54 Å². The second-order valence-corrected chi connectivity index (χ2v) is 2.89. The van der Waals surface area contributed by atoms with Crippen LogP contribution in [0, 0.1) is 0 Å². The first-order chi connectivity index (χ1) is 6.16. The average molecular weight is 182 g/mol. The lowest BCUT2D eigenvalue weighted by Gasteiger charge is -2.10. The van der Waals surface area contributed by atoms with Gasteiger partial charge in [0.2, 0.25) is 5.91 Å². The third kappa shape index (κ3) is 2.06. The van der Waals surface area contributed by atoms with Crippen LogP contribution in [0.1, 0.15) is 25.1 Å². The third-order valence-corrected chi connectivity index (χ3v) is 1.83. The molecule has 0 bridgehead atoms. The average Bonchev–Trinajstić information content (AvgIpc) is 2.52. The molecule has 1 amide bonds. The van der Waals surface area contributed by atoms with Crippen LogP contribution in [0.15, 0.2) is 12.5 Å². The maximum atomic E-state index is 10.8. The Balaban J connectivity index is 2.86. The summed E-state index contributed by atoms with van der Waals surface area (Å²) in [4.78, 5) is 14.7. The minimum absolute atomic E-state index is 0.530. The summed E-state index contributed by atoms with van der Waals surface area (Å²) < 4.78 is 1.84. The zero-order valence-electron chi connectivity index (χ0n) is 7.60. The van der Waals surface area contributed by atoms with Crippen LogP contribution in [0.4, 0.5) is 0 Å². The number of nitrogens with two attached hydrogens (primary N) is 2. The summed E-state index contributed by atoms with van der Waals surface area (Å²) >= 11 is 0. The Hall–Kier alpha value is -1.36. The largest absolute Gasteiger partial charge is 0.368 e. The molecule has 1 aromatic heterocycles. The fraction of sp³-hybridized carbons (Fsp3) is 0.500. The predicted molar refractivity (Wildman–Crippen MR) is 48.6 cm³/mol. The topological polar surface area (TPSA) is 86.9 Å². The molecular formula is C8H14N4O. The zero-order chi connectivity index (χ0) is 9.84. The summed E-state index contributed by atoms with van der Waals surface area (Å²) in [6.45, 7) is 2.84. The molecular weight excluding hydrogens is 168 g/mol. The molecule has 1 unspecified atom stereocenters. The smallest absolute Gasteiger partial charge is 0.240 e. The Morgan fingerprint density at radius 1 is 1.77 bits per heavy atom. The van der Waals surface area contributed by atoms with E-state index in [4.69, 9.17) is 11.5 Å². The van der Waals surface area contributed by atoms with Crippen LogP contribution in [0.25, 0.3) is 0 Å². The van der Waals surface area contributed by atoms with Crippen molar-refractivity contribution in [3.8, 4) is 0 Å². The maximum Gasteiger partial charge on any atom is 0.240 e. The second kappa shape index (κ2) is 4.04. The van der Waals surface area contributed by atoms with Gasteiger partial charge in [-0.1, -0.05) is 6.92 Å². The second-order valence-electron chi connectivity index (χ2n) is 2.89. The van der Waals surface area contributed by atoms with Gasteiger partial charge >= 0.3 is 0 Å². The van der Waals surface area contributed by atoms with Gasteiger partial charge in [0.15, 0.2) is 0 Å². The molecule has 1 rings (SSSR count). The predicted octanol–water partition coefficient (Wildman–Crippen LogP) is -0.222. The number of aryl methyl sites for hydroxylation is 1. The van der Waals surface area contributed by atoms with Gasteiger partial charge in [-0.05, 0) is 6.42 Å². The van der Waals surface area contributed by atoms with E-state index in [9.17, 15) is 4.79 Å². The molecule has 0 spiro atoms. The van der Waals surface area contributed by atoms with Gasteiger partial charge in [0.05, 0.1) is 18.2 Å². The summed E-state index contributed by atoms with van der Waals surface area (Å²) in [6, 6.07) is -0.756. The molecule has 72 valence electrons. The van der Waals surface area contributed by atoms with Crippen molar-refractivity contribution in [1.29, 1.82) is 0 Å². The van der Waals surface area contributed by atoms with E-state index in [2.05, 4.69) is 4.98 Å². The number of nitrogens with zero attached hydrogens (tertiary/aromatic N) is 2. The molecule has 0 radical (unpaired) electrons. The molecule has 0 aromatic carbocycles. The lowest BCUT2D eigenvalue weighted by Crippen LogP contribution is -2.30. The highest BCUT2D eigenvalue weighted by Gasteiger charge is 2.15. The first-order valence-corrected chi connectivity index (χ1v) is 4.21. The van der Waals surface area contributed by atoms with Crippen LogP contribution < -0.4 is 11.5 Å². The minimum atomic E-state index is -0.756. The van der Waals surface area contributed by atoms with Crippen LogP contribution in [0.2, 0.25) is 0 Å². The fourth-order valence-corrected chi connectivity index (χ4v) is 1.16. The van der Waals surface area contributed by atoms with E-state index in [1.807, 2.05) is 11.5 Å². The molecule has 0 aliphatic rings. The van der Waals surface area contributed by atoms with Crippen LogP contribution in [-0.2, 0) is 11.3 Å². The first kappa shape index (κ1) is 9.73. The highest BCUT2D eigenvalue weighted by molar-refractivity contribution is 5.80. The summed E-state index contributed by atoms with van der Waals surface area (Å²) in [7, 11) is 0. The Bertz CT molecular complexity index is 294. The van der Waals surface area contributed by atoms with Gasteiger partial charge in [-0.25, -0.2) is 4.98 Å². The normalized spacial score (nSPS) is 12.8. The van der Waals surface area contributed by atoms with E-state index in [1.165, 1.54) is 0 Å². The number of hydrogen-bond donors (Lipinski definition) is 2. The van der Waals surface area contributed by atoms with Gasteiger partial charge in [0.25, 0.3) is 0 Å². The van der Waals surface area contributed by atoms with Crippen LogP contribution in [-0.4, -0.2) is 15.5 Å². The van der Waals surface area contributed by atoms with Crippen LogP contribution in [0.3, 0.4) is 0 Å². The number of imidazole rings is 1. The molecule has 0 saturated carbocycles. The molecule has 1 atom stereocenters. The molecule has 0 saturated heterocycles. The Morgan fingerprint density at radius 2 is 2.46 bits per heavy atom. The van der Waals surface area contributed by atoms with E-state index in [0.29, 0.717) is 5.69 Å². The summed E-state index contributed by atoms with van der Waals surface area (Å²) in [6.07, 6.45) is 4.20. The molecule has 13 heavy (non-hydrogen) atoms. The van der Waals surface area contributed by atoms with Crippen molar-refractivity contribution < 1.29 is 4.79 Å². The molecule has 1 aromatic rings. The molecule has 0 fully saturated rings. The number of hydrogen-bond acceptors (Lipinski definition) is 3. The van der Waals surface area contributed by atoms with Gasteiger partial charge in [-0.2, -0.15) is 0 Å². The van der Waals surface area contributed by atoms with Crippen molar-refractivity contribution in [2.45, 2.75) is 25.9 Å². The maximum absolute atomic E-state index is 10.8. The number of primary amides is 1. The molecule has 1 heterocycles. The van der Waals surface area contributed by atoms with Crippen molar-refractivity contribution in [2.75, 3.05) is 0 Å². The van der Waals surface area contributed by atoms with E-state index >= 15 is 0 Å². The molecule has 4 N–H and O–H groups in total. The molecule has 5 heteroatoms. The summed E-state index contributed by atoms with van der Waals surface area (Å²) in [5, 5.41) is 0. The van der Waals surface area contributed by atoms with Gasteiger partial charge in [-0.15, -0.1) is 0 Å². The highest BCUT2D eigenvalue weighted by atomic mass is 16.1. The van der Waals surface area contributed by atoms with E-state index < -0.39 is 11.9 Å². The number of carbonyl (C=O) groups is 1. The zero-order valence-corrected chi connectivity index (χ0v) is 7.60. The lowest BCUT2D eigenvalue weighted by atomic mass is 10.2. The van der Waals surface area contributed by atoms with E-state index in [-0.39, 0.29) is 0 Å². The number of carbonyl (C=O) groups excluding carboxylic acids is 1. The van der Waals surface area contributed by atoms with Gasteiger partial charge in [-0.3, -0.25) is 4.79 Å². The minimum Gasteiger partial charge on any atom is -0.368 e.